The van der Waals surface area contributed by atoms with Gasteiger partial charge in [-0.2, -0.15) is 10.5 Å². The molecule has 2 unspecified atom stereocenters. The van der Waals surface area contributed by atoms with Crippen LogP contribution in [0.25, 0.3) is 66.6 Å². The molecule has 0 N–H and O–H groups in total. The molecule has 92 heavy (non-hydrogen) atoms. The lowest BCUT2D eigenvalue weighted by Crippen LogP contribution is -2.54. The van der Waals surface area contributed by atoms with Gasteiger partial charge in [0.1, 0.15) is 45.8 Å². The van der Waals surface area contributed by atoms with E-state index >= 15 is 0 Å². The first kappa shape index (κ1) is 62.2. The summed E-state index contributed by atoms with van der Waals surface area (Å²) in [6.45, 7) is 13.6. The summed E-state index contributed by atoms with van der Waals surface area (Å²) in [5.41, 5.74) is 9.45. The monoisotopic (exact) mass is 1210 g/mol. The van der Waals surface area contributed by atoms with E-state index in [1.165, 1.54) is 25.7 Å². The highest BCUT2D eigenvalue weighted by molar-refractivity contribution is 6.85. The summed E-state index contributed by atoms with van der Waals surface area (Å²) in [5.74, 6) is 3.94. The molecule has 0 aliphatic carbocycles. The Bertz CT molecular complexity index is 4250. The highest BCUT2D eigenvalue weighted by Gasteiger charge is 2.38. The summed E-state index contributed by atoms with van der Waals surface area (Å²) < 4.78 is 32.1. The molecule has 0 saturated heterocycles. The van der Waals surface area contributed by atoms with Gasteiger partial charge in [-0.05, 0) is 85.0 Å². The Labute approximate surface area is 541 Å². The first-order chi connectivity index (χ1) is 45.1. The van der Waals surface area contributed by atoms with E-state index in [0.717, 1.165) is 58.7 Å². The zero-order valence-corrected chi connectivity index (χ0v) is 53.6. The first-order valence-electron chi connectivity index (χ1n) is 32.8. The summed E-state index contributed by atoms with van der Waals surface area (Å²) in [5, 5.41) is 27.3. The molecule has 8 aromatic carbocycles. The Morgan fingerprint density at radius 3 is 1.11 bits per heavy atom. The molecule has 0 aliphatic rings. The zero-order valence-electron chi connectivity index (χ0n) is 53.6. The number of ether oxygens (including phenoxy) is 2. The molecule has 12 heteroatoms. The van der Waals surface area contributed by atoms with E-state index in [4.69, 9.17) is 28.3 Å². The lowest BCUT2D eigenvalue weighted by molar-refractivity contribution is 0.275. The first-order valence-corrected chi connectivity index (χ1v) is 32.8. The summed E-state index contributed by atoms with van der Waals surface area (Å²) >= 11 is 0. The number of oxazole rings is 2. The Balaban J connectivity index is 1.29. The normalized spacial score (nSPS) is 12.9. The lowest BCUT2D eigenvalue weighted by Gasteiger charge is -2.24. The van der Waals surface area contributed by atoms with Crippen LogP contribution in [0.4, 0.5) is 0 Å². The summed E-state index contributed by atoms with van der Waals surface area (Å²) in [6, 6.07) is 79.1. The molecule has 0 bridgehead atoms. The van der Waals surface area contributed by atoms with E-state index in [9.17, 15) is 10.5 Å². The van der Waals surface area contributed by atoms with Crippen molar-refractivity contribution in [1.29, 1.82) is 10.5 Å². The van der Waals surface area contributed by atoms with Crippen molar-refractivity contribution >= 4 is 79.7 Å². The minimum Gasteiger partial charge on any atom is -0.494 e. The second-order valence-electron chi connectivity index (χ2n) is 25.5. The molecule has 12 rings (SSSR count). The van der Waals surface area contributed by atoms with Crippen LogP contribution in [0.1, 0.15) is 105 Å². The third-order valence-electron chi connectivity index (χ3n) is 17.8. The number of nitriles is 2. The second-order valence-corrected chi connectivity index (χ2v) is 25.5. The smallest absolute Gasteiger partial charge is 0.328 e. The van der Waals surface area contributed by atoms with Crippen LogP contribution in [-0.4, -0.2) is 45.8 Å². The van der Waals surface area contributed by atoms with E-state index < -0.39 is 13.7 Å². The van der Waals surface area contributed by atoms with Gasteiger partial charge in [0.25, 0.3) is 0 Å². The number of hydrogen-bond donors (Lipinski definition) is 0. The average molecular weight is 1210 g/mol. The van der Waals surface area contributed by atoms with Crippen LogP contribution in [0.3, 0.4) is 0 Å². The molecule has 4 aromatic heterocycles. The van der Waals surface area contributed by atoms with Crippen LogP contribution in [0.2, 0.25) is 0 Å². The van der Waals surface area contributed by atoms with Gasteiger partial charge in [-0.3, -0.25) is 0 Å². The Morgan fingerprint density at radius 1 is 0.424 bits per heavy atom. The van der Waals surface area contributed by atoms with E-state index in [1.807, 2.05) is 97.1 Å². The molecule has 458 valence electrons. The molecule has 0 spiro atoms. The minimum atomic E-state index is -0.612. The number of benzene rings is 8. The SMILES string of the molecule is CC(C)CCCC(C)CCOc1cccc(-c2c3/c(=C(\C#N)c4nc5ccccc5o4)n(B(c4ccccc4)c4ccccc4)c(-c4cccc(OCCC(C)CCCC(C)C)c4)c3/c(=C(\C#N)c3nc4ccccc4o3)n2B(c2ccccc2)c2ccccc2)c1. The van der Waals surface area contributed by atoms with Crippen LogP contribution >= 0.6 is 0 Å². The number of para-hydroxylation sites is 4. The van der Waals surface area contributed by atoms with Gasteiger partial charge in [0.15, 0.2) is 11.2 Å². The maximum absolute atomic E-state index is 12.5. The molecule has 12 aromatic rings. The van der Waals surface area contributed by atoms with Crippen LogP contribution in [0, 0.1) is 46.3 Å². The van der Waals surface area contributed by atoms with Crippen LogP contribution in [0.15, 0.2) is 227 Å². The van der Waals surface area contributed by atoms with Crippen molar-refractivity contribution in [2.24, 2.45) is 23.7 Å². The van der Waals surface area contributed by atoms with Crippen molar-refractivity contribution in [1.82, 2.24) is 18.9 Å². The third-order valence-corrected chi connectivity index (χ3v) is 17.8. The molecule has 0 fully saturated rings. The molecule has 0 radical (unpaired) electrons. The molecule has 10 nitrogen and oxygen atoms in total. The van der Waals surface area contributed by atoms with Crippen molar-refractivity contribution in [2.45, 2.75) is 92.9 Å². The molecule has 0 amide bonds. The largest absolute Gasteiger partial charge is 0.494 e. The van der Waals surface area contributed by atoms with Gasteiger partial charge >= 0.3 is 13.7 Å². The van der Waals surface area contributed by atoms with Crippen molar-refractivity contribution in [3.8, 4) is 46.2 Å². The van der Waals surface area contributed by atoms with Crippen molar-refractivity contribution in [3.63, 3.8) is 0 Å². The number of nitrogens with zero attached hydrogens (tertiary/aromatic N) is 6. The molecule has 0 saturated carbocycles. The van der Waals surface area contributed by atoms with Crippen molar-refractivity contribution in [3.05, 3.63) is 241 Å². The van der Waals surface area contributed by atoms with Crippen LogP contribution in [0.5, 0.6) is 11.5 Å². The quantitative estimate of drug-likeness (QED) is 0.0490. The van der Waals surface area contributed by atoms with Gasteiger partial charge in [-0.25, -0.2) is 9.97 Å². The minimum absolute atomic E-state index is 0.145. The maximum Gasteiger partial charge on any atom is 0.328 e. The maximum atomic E-state index is 12.5. The van der Waals surface area contributed by atoms with Gasteiger partial charge in [0, 0.05) is 33.3 Å². The van der Waals surface area contributed by atoms with Gasteiger partial charge in [-0.15, -0.1) is 0 Å². The van der Waals surface area contributed by atoms with Gasteiger partial charge in [0.2, 0.25) is 11.8 Å². The highest BCUT2D eigenvalue weighted by Crippen LogP contribution is 2.39. The standard InChI is InChI=1S/C80H78B2N6O4/c1-55(2)27-23-29-57(5)47-49-89-65-41-25-31-59(51-65)75-73-74(78(68(54-84)80-86-70-44-20-22-46-72(70)92-80)87(75)81(61-33-11-7-12-34-61)62-35-13-8-14-36-62)76(60-32-26-42-66(52-60)90-50-48-58(6)30-24-28-56(3)4)88(82(63-37-15-9-16-38-63)64-39-17-10-18-40-64)77(73)67(53-83)79-85-69-43-19-21-45-71(69)91-79/h7-22,25-26,31-46,51-52,55-58H,23-24,27-30,47-50H2,1-6H3/b77-67-,78-68-. The number of fused-ring (bicyclic) bond motifs is 3. The molecule has 2 atom stereocenters. The molecule has 0 aliphatic heterocycles. The lowest BCUT2D eigenvalue weighted by atomic mass is 9.50. The van der Waals surface area contributed by atoms with Gasteiger partial charge < -0.3 is 27.3 Å². The Kier molecular flexibility index (Phi) is 19.5. The predicted molar refractivity (Wildman–Crippen MR) is 377 cm³/mol. The van der Waals surface area contributed by atoms with E-state index in [0.29, 0.717) is 103 Å². The molecular formula is C80H78B2N6O4. The number of hydrogen-bond acceptors (Lipinski definition) is 8. The fraction of sp³-hybridized carbons (Fsp3) is 0.250. The second kappa shape index (κ2) is 28.9. The van der Waals surface area contributed by atoms with E-state index in [2.05, 4.69) is 184 Å². The Morgan fingerprint density at radius 2 is 0.772 bits per heavy atom. The summed E-state index contributed by atoms with van der Waals surface area (Å²) in [6.07, 6.45) is 8.81. The number of aromatic nitrogens is 4. The number of rotatable bonds is 26. The van der Waals surface area contributed by atoms with Crippen molar-refractivity contribution in [2.75, 3.05) is 13.2 Å². The fourth-order valence-electron chi connectivity index (χ4n) is 13.1. The van der Waals surface area contributed by atoms with Crippen LogP contribution in [-0.2, 0) is 0 Å². The highest BCUT2D eigenvalue weighted by atomic mass is 16.5. The third kappa shape index (κ3) is 13.5. The van der Waals surface area contributed by atoms with E-state index in [1.54, 1.807) is 0 Å². The van der Waals surface area contributed by atoms with Crippen LogP contribution < -0.4 is 42.0 Å². The summed E-state index contributed by atoms with van der Waals surface area (Å²) in [7, 11) is 0. The summed E-state index contributed by atoms with van der Waals surface area (Å²) in [4.78, 5) is 10.4. The van der Waals surface area contributed by atoms with Gasteiger partial charge in [-0.1, -0.05) is 272 Å². The van der Waals surface area contributed by atoms with E-state index in [-0.39, 0.29) is 22.9 Å². The topological polar surface area (TPSA) is 128 Å². The average Bonchev–Trinajstić information content (AvgIpc) is 1.52. The van der Waals surface area contributed by atoms with Gasteiger partial charge in [0.05, 0.1) is 23.9 Å². The zero-order chi connectivity index (χ0) is 63.5. The van der Waals surface area contributed by atoms with Crippen molar-refractivity contribution < 1.29 is 18.3 Å². The fourth-order valence-corrected chi connectivity index (χ4v) is 13.1. The molecular weight excluding hydrogens is 1130 g/mol. The Hall–Kier alpha value is -10.0. The molecule has 4 heterocycles. The predicted octanol–water partition coefficient (Wildman–Crippen LogP) is 15.3.